The maximum atomic E-state index is 12.2. The lowest BCUT2D eigenvalue weighted by Crippen LogP contribution is -2.21. The van der Waals surface area contributed by atoms with E-state index >= 15 is 0 Å². The number of aliphatic carboxylic acids is 1. The Labute approximate surface area is 62.6 Å². The number of aliphatic hydroxyl groups excluding tert-OH is 1. The number of alkyl halides is 2. The van der Waals surface area contributed by atoms with Crippen LogP contribution in [0.4, 0.5) is 8.78 Å². The number of halogens is 2. The van der Waals surface area contributed by atoms with Crippen LogP contribution in [-0.2, 0) is 4.79 Å². The van der Waals surface area contributed by atoms with Gasteiger partial charge in [-0.2, -0.15) is 0 Å². The highest BCUT2D eigenvalue weighted by molar-refractivity contribution is 5.66. The van der Waals surface area contributed by atoms with Gasteiger partial charge in [0.15, 0.2) is 0 Å². The zero-order valence-corrected chi connectivity index (χ0v) is 5.89. The molecule has 0 aliphatic carbocycles. The third-order valence-electron chi connectivity index (χ3n) is 1.16. The number of hydrogen-bond acceptors (Lipinski definition) is 2. The van der Waals surface area contributed by atoms with E-state index < -0.39 is 24.9 Å². The number of aliphatic hydroxyl groups is 1. The molecule has 0 saturated heterocycles. The zero-order chi connectivity index (χ0) is 8.91. The van der Waals surface area contributed by atoms with Crippen LogP contribution in [0.5, 0.6) is 0 Å². The van der Waals surface area contributed by atoms with Crippen molar-refractivity contribution in [2.45, 2.75) is 25.2 Å². The molecule has 0 unspecified atom stereocenters. The predicted octanol–water partition coefficient (Wildman–Crippen LogP) is 0.869. The van der Waals surface area contributed by atoms with Crippen molar-refractivity contribution < 1.29 is 23.8 Å². The summed E-state index contributed by atoms with van der Waals surface area (Å²) < 4.78 is 24.3. The van der Waals surface area contributed by atoms with E-state index in [9.17, 15) is 13.6 Å². The van der Waals surface area contributed by atoms with Gasteiger partial charge in [0.1, 0.15) is 6.61 Å². The van der Waals surface area contributed by atoms with Gasteiger partial charge in [0, 0.05) is 12.8 Å². The summed E-state index contributed by atoms with van der Waals surface area (Å²) in [4.78, 5) is 9.87. The summed E-state index contributed by atoms with van der Waals surface area (Å²) in [6.45, 7) is -1.22. The quantitative estimate of drug-likeness (QED) is 0.640. The molecular weight excluding hydrogens is 158 g/mol. The molecule has 0 heterocycles. The van der Waals surface area contributed by atoms with Crippen molar-refractivity contribution in [1.29, 1.82) is 0 Å². The molecule has 0 amide bonds. The third kappa shape index (κ3) is 5.72. The van der Waals surface area contributed by atoms with Crippen LogP contribution in [0.1, 0.15) is 19.3 Å². The Bertz CT molecular complexity index is 136. The highest BCUT2D eigenvalue weighted by atomic mass is 19.3. The number of carbonyl (C=O) groups is 1. The Hall–Kier alpha value is -0.710. The molecule has 66 valence electrons. The van der Waals surface area contributed by atoms with Crippen LogP contribution in [0.2, 0.25) is 0 Å². The highest BCUT2D eigenvalue weighted by Gasteiger charge is 2.26. The molecule has 0 bridgehead atoms. The lowest BCUT2D eigenvalue weighted by atomic mass is 10.1. The van der Waals surface area contributed by atoms with Crippen LogP contribution < -0.4 is 0 Å². The normalized spacial score (nSPS) is 11.5. The van der Waals surface area contributed by atoms with Crippen LogP contribution in [0.3, 0.4) is 0 Å². The maximum Gasteiger partial charge on any atom is 0.303 e. The minimum atomic E-state index is -3.13. The minimum Gasteiger partial charge on any atom is -0.481 e. The monoisotopic (exact) mass is 168 g/mol. The van der Waals surface area contributed by atoms with Gasteiger partial charge in [-0.1, -0.05) is 0 Å². The van der Waals surface area contributed by atoms with Crippen molar-refractivity contribution in [2.75, 3.05) is 6.61 Å². The second kappa shape index (κ2) is 4.23. The number of carboxylic acids is 1. The number of carboxylic acid groups (broad SMARTS) is 1. The van der Waals surface area contributed by atoms with Crippen molar-refractivity contribution in [3.63, 3.8) is 0 Å². The fourth-order valence-corrected chi connectivity index (χ4v) is 0.577. The van der Waals surface area contributed by atoms with E-state index in [-0.39, 0.29) is 12.8 Å². The van der Waals surface area contributed by atoms with E-state index in [1.165, 1.54) is 0 Å². The van der Waals surface area contributed by atoms with Gasteiger partial charge in [-0.05, 0) is 6.42 Å². The Kier molecular flexibility index (Phi) is 3.95. The Morgan fingerprint density at radius 3 is 2.36 bits per heavy atom. The average molecular weight is 168 g/mol. The van der Waals surface area contributed by atoms with Crippen LogP contribution in [-0.4, -0.2) is 28.7 Å². The lowest BCUT2D eigenvalue weighted by Gasteiger charge is -2.10. The first kappa shape index (κ1) is 10.3. The summed E-state index contributed by atoms with van der Waals surface area (Å²) in [6.07, 6.45) is -0.964. The summed E-state index contributed by atoms with van der Waals surface area (Å²) in [7, 11) is 0. The van der Waals surface area contributed by atoms with Gasteiger partial charge in [0.2, 0.25) is 0 Å². The molecule has 0 aromatic rings. The van der Waals surface area contributed by atoms with Gasteiger partial charge in [-0.3, -0.25) is 4.79 Å². The number of rotatable bonds is 5. The smallest absolute Gasteiger partial charge is 0.303 e. The second-order valence-electron chi connectivity index (χ2n) is 2.26. The molecule has 0 aromatic carbocycles. The minimum absolute atomic E-state index is 0.108. The van der Waals surface area contributed by atoms with Crippen molar-refractivity contribution in [3.8, 4) is 0 Å². The fraction of sp³-hybridized carbons (Fsp3) is 0.833. The molecule has 0 rings (SSSR count). The molecule has 0 fully saturated rings. The van der Waals surface area contributed by atoms with E-state index in [1.54, 1.807) is 0 Å². The van der Waals surface area contributed by atoms with Gasteiger partial charge in [-0.15, -0.1) is 0 Å². The molecule has 11 heavy (non-hydrogen) atoms. The first-order valence-electron chi connectivity index (χ1n) is 3.18. The van der Waals surface area contributed by atoms with Crippen LogP contribution >= 0.6 is 0 Å². The van der Waals surface area contributed by atoms with Crippen LogP contribution in [0, 0.1) is 0 Å². The standard InChI is InChI=1S/C6H10F2O3/c7-6(8,4-9)3-1-2-5(10)11/h9H,1-4H2,(H,10,11). The molecule has 2 N–H and O–H groups in total. The second-order valence-corrected chi connectivity index (χ2v) is 2.26. The first-order chi connectivity index (χ1) is 4.98. The molecule has 0 radical (unpaired) electrons. The van der Waals surface area contributed by atoms with Crippen LogP contribution in [0.15, 0.2) is 0 Å². The molecule has 0 saturated carbocycles. The predicted molar refractivity (Wildman–Crippen MR) is 33.5 cm³/mol. The SMILES string of the molecule is O=C(O)CCCC(F)(F)CO. The summed E-state index contributed by atoms with van der Waals surface area (Å²) in [5.74, 6) is -4.23. The van der Waals surface area contributed by atoms with Gasteiger partial charge in [-0.25, -0.2) is 8.78 Å². The van der Waals surface area contributed by atoms with Gasteiger partial charge < -0.3 is 10.2 Å². The van der Waals surface area contributed by atoms with E-state index in [4.69, 9.17) is 10.2 Å². The van der Waals surface area contributed by atoms with Gasteiger partial charge in [0.25, 0.3) is 5.92 Å². The lowest BCUT2D eigenvalue weighted by molar-refractivity contribution is -0.137. The van der Waals surface area contributed by atoms with Crippen molar-refractivity contribution >= 4 is 5.97 Å². The van der Waals surface area contributed by atoms with Crippen molar-refractivity contribution in [1.82, 2.24) is 0 Å². The average Bonchev–Trinajstić information content (AvgIpc) is 1.87. The van der Waals surface area contributed by atoms with E-state index in [0.29, 0.717) is 0 Å². The van der Waals surface area contributed by atoms with Gasteiger partial charge >= 0.3 is 5.97 Å². The summed E-state index contributed by atoms with van der Waals surface area (Å²) >= 11 is 0. The molecule has 0 aliphatic rings. The first-order valence-corrected chi connectivity index (χ1v) is 3.18. The van der Waals surface area contributed by atoms with Crippen molar-refractivity contribution in [2.24, 2.45) is 0 Å². The number of hydrogen-bond donors (Lipinski definition) is 2. The Morgan fingerprint density at radius 1 is 1.45 bits per heavy atom. The van der Waals surface area contributed by atoms with E-state index in [2.05, 4.69) is 0 Å². The molecule has 0 atom stereocenters. The van der Waals surface area contributed by atoms with Crippen LogP contribution in [0.25, 0.3) is 0 Å². The van der Waals surface area contributed by atoms with E-state index in [0.717, 1.165) is 0 Å². The van der Waals surface area contributed by atoms with Gasteiger partial charge in [0.05, 0.1) is 0 Å². The highest BCUT2D eigenvalue weighted by Crippen LogP contribution is 2.19. The Balaban J connectivity index is 3.45. The molecule has 0 spiro atoms. The van der Waals surface area contributed by atoms with E-state index in [1.807, 2.05) is 0 Å². The molecule has 0 aromatic heterocycles. The summed E-state index contributed by atoms with van der Waals surface area (Å²) in [5.41, 5.74) is 0. The Morgan fingerprint density at radius 2 is 2.00 bits per heavy atom. The summed E-state index contributed by atoms with van der Waals surface area (Å²) in [6, 6.07) is 0. The molecule has 3 nitrogen and oxygen atoms in total. The zero-order valence-electron chi connectivity index (χ0n) is 5.89. The largest absolute Gasteiger partial charge is 0.481 e. The molecular formula is C6H10F2O3. The topological polar surface area (TPSA) is 57.5 Å². The molecule has 5 heteroatoms. The summed E-state index contributed by atoms with van der Waals surface area (Å²) in [5, 5.41) is 16.1. The third-order valence-corrected chi connectivity index (χ3v) is 1.16. The van der Waals surface area contributed by atoms with Crippen molar-refractivity contribution in [3.05, 3.63) is 0 Å². The maximum absolute atomic E-state index is 12.2. The molecule has 0 aliphatic heterocycles. The fourth-order valence-electron chi connectivity index (χ4n) is 0.577.